The highest BCUT2D eigenvalue weighted by molar-refractivity contribution is 5.67. The van der Waals surface area contributed by atoms with E-state index in [1.807, 2.05) is 27.7 Å². The lowest BCUT2D eigenvalue weighted by Gasteiger charge is -2.19. The van der Waals surface area contributed by atoms with Crippen LogP contribution in [0, 0.1) is 0 Å². The lowest BCUT2D eigenvalue weighted by molar-refractivity contribution is 0.0523. The second kappa shape index (κ2) is 5.61. The first kappa shape index (κ1) is 13.4. The minimum Gasteiger partial charge on any atom is -0.444 e. The van der Waals surface area contributed by atoms with Crippen LogP contribution in [-0.4, -0.2) is 21.7 Å². The van der Waals surface area contributed by atoms with Gasteiger partial charge in [-0.2, -0.15) is 0 Å². The van der Waals surface area contributed by atoms with Crippen molar-refractivity contribution in [2.75, 3.05) is 0 Å². The third-order valence-electron chi connectivity index (χ3n) is 1.99. The molecule has 0 bridgehead atoms. The van der Waals surface area contributed by atoms with Gasteiger partial charge in [0.15, 0.2) is 0 Å². The summed E-state index contributed by atoms with van der Waals surface area (Å²) in [7, 11) is 0. The molecule has 0 aromatic carbocycles. The van der Waals surface area contributed by atoms with E-state index in [1.54, 1.807) is 12.4 Å². The van der Waals surface area contributed by atoms with Crippen LogP contribution in [0.5, 0.6) is 0 Å². The molecule has 0 aliphatic carbocycles. The van der Waals surface area contributed by atoms with Gasteiger partial charge in [0, 0.05) is 12.4 Å². The predicted molar refractivity (Wildman–Crippen MR) is 64.5 cm³/mol. The summed E-state index contributed by atoms with van der Waals surface area (Å²) in [4.78, 5) is 19.8. The molecular weight excluding hydrogens is 218 g/mol. The molecule has 0 spiro atoms. The highest BCUT2D eigenvalue weighted by Gasteiger charge is 2.16. The molecule has 0 radical (unpaired) electrons. The van der Waals surface area contributed by atoms with E-state index >= 15 is 0 Å². The first-order valence-corrected chi connectivity index (χ1v) is 5.68. The van der Waals surface area contributed by atoms with Gasteiger partial charge < -0.3 is 10.1 Å². The topological polar surface area (TPSA) is 64.1 Å². The van der Waals surface area contributed by atoms with Crippen molar-refractivity contribution in [2.24, 2.45) is 0 Å². The number of aryl methyl sites for hydroxylation is 1. The van der Waals surface area contributed by atoms with Gasteiger partial charge in [0.2, 0.25) is 0 Å². The van der Waals surface area contributed by atoms with E-state index in [0.717, 1.165) is 17.8 Å². The first-order valence-electron chi connectivity index (χ1n) is 5.68. The largest absolute Gasteiger partial charge is 0.444 e. The average Bonchev–Trinajstić information content (AvgIpc) is 2.24. The molecule has 17 heavy (non-hydrogen) atoms. The molecule has 0 atom stereocenters. The summed E-state index contributed by atoms with van der Waals surface area (Å²) in [6.07, 6.45) is 3.62. The van der Waals surface area contributed by atoms with Crippen molar-refractivity contribution in [3.05, 3.63) is 23.8 Å². The number of ether oxygens (including phenoxy) is 1. The van der Waals surface area contributed by atoms with Crippen molar-refractivity contribution in [3.8, 4) is 0 Å². The van der Waals surface area contributed by atoms with Gasteiger partial charge in [-0.1, -0.05) is 6.92 Å². The number of alkyl carbamates (subject to hydrolysis) is 1. The number of amides is 1. The normalized spacial score (nSPS) is 11.1. The fourth-order valence-corrected chi connectivity index (χ4v) is 1.31. The summed E-state index contributed by atoms with van der Waals surface area (Å²) < 4.78 is 5.13. The maximum absolute atomic E-state index is 11.5. The molecule has 1 aromatic heterocycles. The predicted octanol–water partition coefficient (Wildman–Crippen LogP) is 2.06. The molecule has 0 fully saturated rings. The Balaban J connectivity index is 2.53. The molecule has 1 heterocycles. The second-order valence-corrected chi connectivity index (χ2v) is 4.66. The molecule has 0 saturated heterocycles. The summed E-state index contributed by atoms with van der Waals surface area (Å²) in [5.74, 6) is 0. The maximum Gasteiger partial charge on any atom is 0.407 e. The standard InChI is InChI=1S/C12H19N3O2/c1-5-9-10(14-7-6-13-9)8-15-11(16)17-12(2,3)4/h6-7H,5,8H2,1-4H3,(H,15,16). The van der Waals surface area contributed by atoms with Crippen LogP contribution in [0.4, 0.5) is 4.79 Å². The fourth-order valence-electron chi connectivity index (χ4n) is 1.31. The van der Waals surface area contributed by atoms with Crippen molar-refractivity contribution >= 4 is 6.09 Å². The van der Waals surface area contributed by atoms with E-state index in [9.17, 15) is 4.79 Å². The number of hydrogen-bond donors (Lipinski definition) is 1. The van der Waals surface area contributed by atoms with Crippen LogP contribution in [-0.2, 0) is 17.7 Å². The first-order chi connectivity index (χ1) is 7.92. The van der Waals surface area contributed by atoms with Gasteiger partial charge in [-0.25, -0.2) is 4.79 Å². The van der Waals surface area contributed by atoms with Crippen molar-refractivity contribution in [3.63, 3.8) is 0 Å². The zero-order valence-corrected chi connectivity index (χ0v) is 10.8. The van der Waals surface area contributed by atoms with E-state index in [4.69, 9.17) is 4.74 Å². The SMILES string of the molecule is CCc1nccnc1CNC(=O)OC(C)(C)C. The Hall–Kier alpha value is -1.65. The third kappa shape index (κ3) is 4.80. The highest BCUT2D eigenvalue weighted by atomic mass is 16.6. The molecule has 0 unspecified atom stereocenters. The van der Waals surface area contributed by atoms with Crippen LogP contribution >= 0.6 is 0 Å². The zero-order chi connectivity index (χ0) is 12.9. The van der Waals surface area contributed by atoms with Crippen LogP contribution in [0.25, 0.3) is 0 Å². The van der Waals surface area contributed by atoms with Gasteiger partial charge in [0.05, 0.1) is 17.9 Å². The van der Waals surface area contributed by atoms with E-state index in [0.29, 0.717) is 6.54 Å². The van der Waals surface area contributed by atoms with Crippen LogP contribution in [0.15, 0.2) is 12.4 Å². The monoisotopic (exact) mass is 237 g/mol. The Morgan fingerprint density at radius 2 is 1.88 bits per heavy atom. The Morgan fingerprint density at radius 1 is 1.29 bits per heavy atom. The van der Waals surface area contributed by atoms with Crippen molar-refractivity contribution in [1.29, 1.82) is 0 Å². The van der Waals surface area contributed by atoms with Crippen LogP contribution in [0.3, 0.4) is 0 Å². The molecule has 1 amide bonds. The van der Waals surface area contributed by atoms with Gasteiger partial charge in [-0.15, -0.1) is 0 Å². The number of nitrogens with one attached hydrogen (secondary N) is 1. The Kier molecular flexibility index (Phi) is 4.43. The van der Waals surface area contributed by atoms with Crippen molar-refractivity contribution in [1.82, 2.24) is 15.3 Å². The summed E-state index contributed by atoms with van der Waals surface area (Å²) in [5, 5.41) is 2.67. The van der Waals surface area contributed by atoms with Gasteiger partial charge >= 0.3 is 6.09 Å². The maximum atomic E-state index is 11.5. The highest BCUT2D eigenvalue weighted by Crippen LogP contribution is 2.07. The van der Waals surface area contributed by atoms with Crippen LogP contribution in [0.1, 0.15) is 39.1 Å². The van der Waals surface area contributed by atoms with Gasteiger partial charge in [0.25, 0.3) is 0 Å². The quantitative estimate of drug-likeness (QED) is 0.874. The molecule has 0 saturated carbocycles. The molecular formula is C12H19N3O2. The Labute approximate surface area is 102 Å². The van der Waals surface area contributed by atoms with E-state index in [2.05, 4.69) is 15.3 Å². The molecule has 1 rings (SSSR count). The molecule has 5 nitrogen and oxygen atoms in total. The number of rotatable bonds is 3. The van der Waals surface area contributed by atoms with E-state index in [-0.39, 0.29) is 0 Å². The van der Waals surface area contributed by atoms with E-state index < -0.39 is 11.7 Å². The summed E-state index contributed by atoms with van der Waals surface area (Å²) in [6, 6.07) is 0. The number of carbonyl (C=O) groups excluding carboxylic acids is 1. The van der Waals surface area contributed by atoms with Crippen LogP contribution < -0.4 is 5.32 Å². The van der Waals surface area contributed by atoms with Gasteiger partial charge in [0.1, 0.15) is 5.60 Å². The molecule has 0 aliphatic rings. The minimum absolute atomic E-state index is 0.339. The number of carbonyl (C=O) groups is 1. The summed E-state index contributed by atoms with van der Waals surface area (Å²) in [5.41, 5.74) is 1.18. The van der Waals surface area contributed by atoms with Gasteiger partial charge in [-0.3, -0.25) is 9.97 Å². The summed E-state index contributed by atoms with van der Waals surface area (Å²) >= 11 is 0. The van der Waals surface area contributed by atoms with Crippen molar-refractivity contribution in [2.45, 2.75) is 46.3 Å². The second-order valence-electron chi connectivity index (χ2n) is 4.66. The Bertz CT molecular complexity index is 386. The smallest absolute Gasteiger partial charge is 0.407 e. The molecule has 94 valence electrons. The van der Waals surface area contributed by atoms with Crippen molar-refractivity contribution < 1.29 is 9.53 Å². The fraction of sp³-hybridized carbons (Fsp3) is 0.583. The number of hydrogen-bond acceptors (Lipinski definition) is 4. The molecule has 1 N–H and O–H groups in total. The van der Waals surface area contributed by atoms with Crippen LogP contribution in [0.2, 0.25) is 0 Å². The Morgan fingerprint density at radius 3 is 2.41 bits per heavy atom. The molecule has 5 heteroatoms. The molecule has 1 aromatic rings. The lowest BCUT2D eigenvalue weighted by Crippen LogP contribution is -2.32. The molecule has 0 aliphatic heterocycles. The minimum atomic E-state index is -0.486. The lowest BCUT2D eigenvalue weighted by atomic mass is 10.2. The van der Waals surface area contributed by atoms with Gasteiger partial charge in [-0.05, 0) is 27.2 Å². The number of nitrogens with zero attached hydrogens (tertiary/aromatic N) is 2. The third-order valence-corrected chi connectivity index (χ3v) is 1.99. The summed E-state index contributed by atoms with van der Waals surface area (Å²) in [6.45, 7) is 7.82. The zero-order valence-electron chi connectivity index (χ0n) is 10.8. The average molecular weight is 237 g/mol. The number of aromatic nitrogens is 2. The van der Waals surface area contributed by atoms with E-state index in [1.165, 1.54) is 0 Å².